The van der Waals surface area contributed by atoms with Gasteiger partial charge in [-0.05, 0) is 41.8 Å². The van der Waals surface area contributed by atoms with Crippen molar-refractivity contribution >= 4 is 22.1 Å². The SMILES string of the molecule is O=c1c2ccccc2c(-c2cccs2)nn1Cc1ncc(-c2ccc(F)cc2)o1. The van der Waals surface area contributed by atoms with Gasteiger partial charge < -0.3 is 4.42 Å². The van der Waals surface area contributed by atoms with E-state index in [1.165, 1.54) is 16.8 Å². The van der Waals surface area contributed by atoms with Gasteiger partial charge in [0.2, 0.25) is 5.89 Å². The van der Waals surface area contributed by atoms with E-state index in [2.05, 4.69) is 10.1 Å². The zero-order valence-electron chi connectivity index (χ0n) is 15.1. The van der Waals surface area contributed by atoms with Crippen molar-refractivity contribution < 1.29 is 8.81 Å². The molecule has 5 rings (SSSR count). The zero-order valence-corrected chi connectivity index (χ0v) is 15.9. The summed E-state index contributed by atoms with van der Waals surface area (Å²) in [5.41, 5.74) is 1.26. The Labute approximate surface area is 168 Å². The first-order valence-corrected chi connectivity index (χ1v) is 9.81. The zero-order chi connectivity index (χ0) is 19.8. The van der Waals surface area contributed by atoms with Crippen molar-refractivity contribution in [2.24, 2.45) is 0 Å². The van der Waals surface area contributed by atoms with Gasteiger partial charge in [-0.2, -0.15) is 5.10 Å². The van der Waals surface area contributed by atoms with Gasteiger partial charge in [0.05, 0.1) is 16.5 Å². The van der Waals surface area contributed by atoms with Crippen LogP contribution in [0.25, 0.3) is 32.7 Å². The molecule has 0 spiro atoms. The maximum atomic E-state index is 13.1. The molecular weight excluding hydrogens is 389 g/mol. The van der Waals surface area contributed by atoms with Crippen LogP contribution in [0, 0.1) is 5.82 Å². The van der Waals surface area contributed by atoms with Crippen LogP contribution in [0.5, 0.6) is 0 Å². The Morgan fingerprint density at radius 3 is 2.55 bits per heavy atom. The van der Waals surface area contributed by atoms with Crippen LogP contribution >= 0.6 is 11.3 Å². The van der Waals surface area contributed by atoms with Gasteiger partial charge in [-0.1, -0.05) is 24.3 Å². The number of oxazole rings is 1. The molecule has 0 N–H and O–H groups in total. The van der Waals surface area contributed by atoms with Crippen molar-refractivity contribution in [1.29, 1.82) is 0 Å². The second-order valence-corrected chi connectivity index (χ2v) is 7.41. The molecule has 0 radical (unpaired) electrons. The number of nitrogens with zero attached hydrogens (tertiary/aromatic N) is 3. The molecule has 3 aromatic heterocycles. The minimum Gasteiger partial charge on any atom is -0.439 e. The second-order valence-electron chi connectivity index (χ2n) is 6.46. The summed E-state index contributed by atoms with van der Waals surface area (Å²) >= 11 is 1.57. The number of fused-ring (bicyclic) bond motifs is 1. The van der Waals surface area contributed by atoms with Gasteiger partial charge in [0.1, 0.15) is 18.1 Å². The summed E-state index contributed by atoms with van der Waals surface area (Å²) in [6, 6.07) is 17.3. The van der Waals surface area contributed by atoms with E-state index in [9.17, 15) is 9.18 Å². The first-order chi connectivity index (χ1) is 14.2. The van der Waals surface area contributed by atoms with Gasteiger partial charge in [0, 0.05) is 10.9 Å². The van der Waals surface area contributed by atoms with Crippen molar-refractivity contribution in [3.05, 3.63) is 94.3 Å². The van der Waals surface area contributed by atoms with Gasteiger partial charge in [-0.15, -0.1) is 11.3 Å². The minimum absolute atomic E-state index is 0.100. The van der Waals surface area contributed by atoms with E-state index in [1.54, 1.807) is 35.7 Å². The molecule has 2 aromatic carbocycles. The molecule has 0 aliphatic rings. The minimum atomic E-state index is -0.318. The quantitative estimate of drug-likeness (QED) is 0.425. The maximum absolute atomic E-state index is 13.1. The maximum Gasteiger partial charge on any atom is 0.275 e. The van der Waals surface area contributed by atoms with Crippen molar-refractivity contribution in [1.82, 2.24) is 14.8 Å². The van der Waals surface area contributed by atoms with Crippen LogP contribution in [0.1, 0.15) is 5.89 Å². The van der Waals surface area contributed by atoms with Crippen LogP contribution in [0.4, 0.5) is 4.39 Å². The average molecular weight is 403 g/mol. The van der Waals surface area contributed by atoms with Gasteiger partial charge in [0.15, 0.2) is 5.76 Å². The number of halogens is 1. The normalized spacial score (nSPS) is 11.2. The van der Waals surface area contributed by atoms with Crippen LogP contribution in [0.2, 0.25) is 0 Å². The van der Waals surface area contributed by atoms with Crippen molar-refractivity contribution in [3.8, 4) is 21.9 Å². The Kier molecular flexibility index (Phi) is 4.29. The standard InChI is InChI=1S/C22H14FN3O2S/c23-15-9-7-14(8-10-15)18-12-24-20(28-18)13-26-22(27)17-5-2-1-4-16(17)21(25-26)19-6-3-11-29-19/h1-12H,13H2. The fraction of sp³-hybridized carbons (Fsp3) is 0.0455. The topological polar surface area (TPSA) is 60.9 Å². The molecular formula is C22H14FN3O2S. The van der Waals surface area contributed by atoms with Gasteiger partial charge in [-0.3, -0.25) is 4.79 Å². The van der Waals surface area contributed by atoms with Gasteiger partial charge in [0.25, 0.3) is 5.56 Å². The summed E-state index contributed by atoms with van der Waals surface area (Å²) in [6.07, 6.45) is 1.56. The predicted molar refractivity (Wildman–Crippen MR) is 110 cm³/mol. The Hall–Kier alpha value is -3.58. The van der Waals surface area contributed by atoms with E-state index in [1.807, 2.05) is 35.7 Å². The first-order valence-electron chi connectivity index (χ1n) is 8.93. The van der Waals surface area contributed by atoms with Crippen molar-refractivity contribution in [2.75, 3.05) is 0 Å². The smallest absolute Gasteiger partial charge is 0.275 e. The lowest BCUT2D eigenvalue weighted by atomic mass is 10.1. The highest BCUT2D eigenvalue weighted by Crippen LogP contribution is 2.28. The lowest BCUT2D eigenvalue weighted by molar-refractivity contribution is 0.468. The van der Waals surface area contributed by atoms with Gasteiger partial charge >= 0.3 is 0 Å². The summed E-state index contributed by atoms with van der Waals surface area (Å²) in [4.78, 5) is 18.2. The number of aromatic nitrogens is 3. The largest absolute Gasteiger partial charge is 0.439 e. The number of rotatable bonds is 4. The van der Waals surface area contributed by atoms with E-state index >= 15 is 0 Å². The van der Waals surface area contributed by atoms with E-state index < -0.39 is 0 Å². The van der Waals surface area contributed by atoms with E-state index in [-0.39, 0.29) is 17.9 Å². The van der Waals surface area contributed by atoms with E-state index in [0.29, 0.717) is 22.6 Å². The second kappa shape index (κ2) is 7.10. The summed E-state index contributed by atoms with van der Waals surface area (Å²) in [6.45, 7) is 0.100. The lowest BCUT2D eigenvalue weighted by Gasteiger charge is -2.08. The van der Waals surface area contributed by atoms with Crippen molar-refractivity contribution in [3.63, 3.8) is 0 Å². The molecule has 0 saturated carbocycles. The van der Waals surface area contributed by atoms with Crippen LogP contribution < -0.4 is 5.56 Å². The van der Waals surface area contributed by atoms with E-state index in [4.69, 9.17) is 4.42 Å². The fourth-order valence-corrected chi connectivity index (χ4v) is 3.92. The highest BCUT2D eigenvalue weighted by Gasteiger charge is 2.15. The summed E-state index contributed by atoms with van der Waals surface area (Å²) < 4.78 is 20.3. The predicted octanol–water partition coefficient (Wildman–Crippen LogP) is 4.97. The Bertz CT molecular complexity index is 1360. The Morgan fingerprint density at radius 2 is 1.79 bits per heavy atom. The summed E-state index contributed by atoms with van der Waals surface area (Å²) in [7, 11) is 0. The number of hydrogen-bond donors (Lipinski definition) is 0. The number of benzene rings is 2. The Morgan fingerprint density at radius 1 is 1.00 bits per heavy atom. The van der Waals surface area contributed by atoms with Gasteiger partial charge in [-0.25, -0.2) is 14.1 Å². The molecule has 142 valence electrons. The highest BCUT2D eigenvalue weighted by molar-refractivity contribution is 7.13. The lowest BCUT2D eigenvalue weighted by Crippen LogP contribution is -2.24. The highest BCUT2D eigenvalue weighted by atomic mass is 32.1. The number of thiophene rings is 1. The van der Waals surface area contributed by atoms with Crippen LogP contribution in [-0.4, -0.2) is 14.8 Å². The molecule has 0 fully saturated rings. The molecule has 5 aromatic rings. The molecule has 3 heterocycles. The molecule has 5 nitrogen and oxygen atoms in total. The molecule has 0 atom stereocenters. The molecule has 0 saturated heterocycles. The van der Waals surface area contributed by atoms with Crippen molar-refractivity contribution in [2.45, 2.75) is 6.54 Å². The monoisotopic (exact) mass is 403 g/mol. The third kappa shape index (κ3) is 3.25. The Balaban J connectivity index is 1.57. The molecule has 29 heavy (non-hydrogen) atoms. The summed E-state index contributed by atoms with van der Waals surface area (Å²) in [5, 5.41) is 7.98. The molecule has 0 unspecified atom stereocenters. The van der Waals surface area contributed by atoms with Crippen LogP contribution in [-0.2, 0) is 6.54 Å². The third-order valence-corrected chi connectivity index (χ3v) is 5.47. The number of hydrogen-bond acceptors (Lipinski definition) is 5. The molecule has 0 aliphatic carbocycles. The third-order valence-electron chi connectivity index (χ3n) is 4.59. The summed E-state index contributed by atoms with van der Waals surface area (Å²) in [5.74, 6) is 0.542. The fourth-order valence-electron chi connectivity index (χ4n) is 3.20. The first kappa shape index (κ1) is 17.5. The molecule has 0 bridgehead atoms. The van der Waals surface area contributed by atoms with Crippen LogP contribution in [0.15, 0.2) is 81.5 Å². The molecule has 0 aliphatic heterocycles. The molecule has 7 heteroatoms. The van der Waals surface area contributed by atoms with E-state index in [0.717, 1.165) is 16.0 Å². The molecule has 0 amide bonds. The average Bonchev–Trinajstić information content (AvgIpc) is 3.43. The van der Waals surface area contributed by atoms with Crippen LogP contribution in [0.3, 0.4) is 0 Å².